The molecule has 2 aromatic rings. The molecule has 0 aliphatic heterocycles. The standard InChI is InChI=1S/C14H19N3O2/c1-10(2)17-12(5-6-16-17)9-15-8-11-3-4-13(18)7-14(11)19/h3-7,10,15,18-19H,8-9H2,1-2H3. The van der Waals surface area contributed by atoms with E-state index in [0.717, 1.165) is 11.3 Å². The molecule has 0 saturated carbocycles. The van der Waals surface area contributed by atoms with Crippen LogP contribution in [0.4, 0.5) is 0 Å². The number of aromatic nitrogens is 2. The lowest BCUT2D eigenvalue weighted by Gasteiger charge is -2.12. The monoisotopic (exact) mass is 261 g/mol. The topological polar surface area (TPSA) is 70.3 Å². The van der Waals surface area contributed by atoms with E-state index in [1.807, 2.05) is 10.7 Å². The van der Waals surface area contributed by atoms with Crippen molar-refractivity contribution in [2.24, 2.45) is 0 Å². The molecule has 0 bridgehead atoms. The molecule has 5 heteroatoms. The lowest BCUT2D eigenvalue weighted by molar-refractivity contribution is 0.442. The zero-order chi connectivity index (χ0) is 13.8. The van der Waals surface area contributed by atoms with Gasteiger partial charge in [-0.05, 0) is 26.0 Å². The predicted octanol–water partition coefficient (Wildman–Crippen LogP) is 2.17. The highest BCUT2D eigenvalue weighted by molar-refractivity contribution is 5.38. The van der Waals surface area contributed by atoms with Gasteiger partial charge in [-0.1, -0.05) is 6.07 Å². The van der Waals surface area contributed by atoms with Crippen molar-refractivity contribution in [2.75, 3.05) is 0 Å². The molecule has 0 fully saturated rings. The SMILES string of the molecule is CC(C)n1nccc1CNCc1ccc(O)cc1O. The van der Waals surface area contributed by atoms with Gasteiger partial charge in [0, 0.05) is 37.0 Å². The van der Waals surface area contributed by atoms with Gasteiger partial charge in [0.25, 0.3) is 0 Å². The average molecular weight is 261 g/mol. The largest absolute Gasteiger partial charge is 0.508 e. The summed E-state index contributed by atoms with van der Waals surface area (Å²) in [5.74, 6) is 0.170. The zero-order valence-corrected chi connectivity index (χ0v) is 11.2. The number of rotatable bonds is 5. The van der Waals surface area contributed by atoms with Crippen LogP contribution in [0.1, 0.15) is 31.1 Å². The molecule has 0 aliphatic rings. The molecule has 1 aromatic heterocycles. The van der Waals surface area contributed by atoms with Crippen molar-refractivity contribution >= 4 is 0 Å². The Morgan fingerprint density at radius 1 is 1.21 bits per heavy atom. The van der Waals surface area contributed by atoms with E-state index in [1.54, 1.807) is 18.3 Å². The summed E-state index contributed by atoms with van der Waals surface area (Å²) in [6, 6.07) is 6.92. The molecule has 102 valence electrons. The van der Waals surface area contributed by atoms with Crippen LogP contribution in [0.25, 0.3) is 0 Å². The number of benzene rings is 1. The van der Waals surface area contributed by atoms with Crippen LogP contribution in [0.15, 0.2) is 30.5 Å². The first kappa shape index (κ1) is 13.4. The molecule has 1 heterocycles. The maximum Gasteiger partial charge on any atom is 0.123 e. The summed E-state index contributed by atoms with van der Waals surface area (Å²) in [5, 5.41) is 26.4. The minimum Gasteiger partial charge on any atom is -0.508 e. The highest BCUT2D eigenvalue weighted by atomic mass is 16.3. The van der Waals surface area contributed by atoms with Crippen molar-refractivity contribution in [1.29, 1.82) is 0 Å². The minimum atomic E-state index is 0.0686. The van der Waals surface area contributed by atoms with Crippen molar-refractivity contribution < 1.29 is 10.2 Å². The number of aromatic hydroxyl groups is 2. The normalized spacial score (nSPS) is 11.1. The van der Waals surface area contributed by atoms with Crippen molar-refractivity contribution in [3.05, 3.63) is 41.7 Å². The second-order valence-electron chi connectivity index (χ2n) is 4.78. The van der Waals surface area contributed by atoms with Gasteiger partial charge in [0.15, 0.2) is 0 Å². The van der Waals surface area contributed by atoms with Crippen molar-refractivity contribution in [2.45, 2.75) is 33.0 Å². The molecule has 2 rings (SSSR count). The Bertz CT molecular complexity index is 549. The molecule has 1 aromatic carbocycles. The van der Waals surface area contributed by atoms with Gasteiger partial charge in [0.2, 0.25) is 0 Å². The molecule has 3 N–H and O–H groups in total. The molecule has 0 spiro atoms. The van der Waals surface area contributed by atoms with E-state index in [2.05, 4.69) is 24.3 Å². The smallest absolute Gasteiger partial charge is 0.123 e. The van der Waals surface area contributed by atoms with Gasteiger partial charge in [-0.15, -0.1) is 0 Å². The van der Waals surface area contributed by atoms with Crippen LogP contribution < -0.4 is 5.32 Å². The van der Waals surface area contributed by atoms with Crippen LogP contribution in [-0.2, 0) is 13.1 Å². The second-order valence-corrected chi connectivity index (χ2v) is 4.78. The van der Waals surface area contributed by atoms with Crippen LogP contribution in [0, 0.1) is 0 Å². The fourth-order valence-electron chi connectivity index (χ4n) is 1.97. The Morgan fingerprint density at radius 3 is 2.68 bits per heavy atom. The number of nitrogens with one attached hydrogen (secondary N) is 1. The Hall–Kier alpha value is -2.01. The lowest BCUT2D eigenvalue weighted by atomic mass is 10.2. The quantitative estimate of drug-likeness (QED) is 0.771. The van der Waals surface area contributed by atoms with Gasteiger partial charge >= 0.3 is 0 Å². The molecule has 0 amide bonds. The summed E-state index contributed by atoms with van der Waals surface area (Å²) in [6.07, 6.45) is 1.79. The van der Waals surface area contributed by atoms with Crippen molar-refractivity contribution in [3.8, 4) is 11.5 Å². The summed E-state index contributed by atoms with van der Waals surface area (Å²) in [6.45, 7) is 5.39. The van der Waals surface area contributed by atoms with E-state index < -0.39 is 0 Å². The van der Waals surface area contributed by atoms with E-state index in [4.69, 9.17) is 0 Å². The Morgan fingerprint density at radius 2 is 2.00 bits per heavy atom. The number of nitrogens with zero attached hydrogens (tertiary/aromatic N) is 2. The molecule has 0 saturated heterocycles. The summed E-state index contributed by atoms with van der Waals surface area (Å²) in [4.78, 5) is 0. The fourth-order valence-corrected chi connectivity index (χ4v) is 1.97. The molecule has 0 aliphatic carbocycles. The Balaban J connectivity index is 1.94. The maximum absolute atomic E-state index is 9.67. The first-order valence-corrected chi connectivity index (χ1v) is 6.32. The van der Waals surface area contributed by atoms with Crippen LogP contribution in [0.5, 0.6) is 11.5 Å². The fraction of sp³-hybridized carbons (Fsp3) is 0.357. The van der Waals surface area contributed by atoms with E-state index >= 15 is 0 Å². The minimum absolute atomic E-state index is 0.0686. The van der Waals surface area contributed by atoms with E-state index in [1.165, 1.54) is 6.07 Å². The Kier molecular flexibility index (Phi) is 4.06. The van der Waals surface area contributed by atoms with Gasteiger partial charge in [-0.2, -0.15) is 5.10 Å². The predicted molar refractivity (Wildman–Crippen MR) is 72.9 cm³/mol. The van der Waals surface area contributed by atoms with E-state index in [-0.39, 0.29) is 11.5 Å². The summed E-state index contributed by atoms with van der Waals surface area (Å²) >= 11 is 0. The number of phenols is 2. The number of hydrogen-bond donors (Lipinski definition) is 3. The molecule has 0 unspecified atom stereocenters. The number of hydrogen-bond acceptors (Lipinski definition) is 4. The zero-order valence-electron chi connectivity index (χ0n) is 11.2. The van der Waals surface area contributed by atoms with E-state index in [0.29, 0.717) is 19.1 Å². The molecular weight excluding hydrogens is 242 g/mol. The Labute approximate surface area is 112 Å². The van der Waals surface area contributed by atoms with Gasteiger partial charge in [0.05, 0.1) is 5.69 Å². The summed E-state index contributed by atoms with van der Waals surface area (Å²) < 4.78 is 1.96. The van der Waals surface area contributed by atoms with Crippen LogP contribution in [-0.4, -0.2) is 20.0 Å². The molecule has 0 atom stereocenters. The molecule has 0 radical (unpaired) electrons. The second kappa shape index (κ2) is 5.75. The first-order valence-electron chi connectivity index (χ1n) is 6.32. The lowest BCUT2D eigenvalue weighted by Crippen LogP contribution is -2.17. The third-order valence-corrected chi connectivity index (χ3v) is 2.93. The van der Waals surface area contributed by atoms with Gasteiger partial charge in [-0.25, -0.2) is 0 Å². The molecular formula is C14H19N3O2. The average Bonchev–Trinajstić information content (AvgIpc) is 2.80. The first-order chi connectivity index (χ1) is 9.08. The highest BCUT2D eigenvalue weighted by Crippen LogP contribution is 2.22. The summed E-state index contributed by atoms with van der Waals surface area (Å²) in [5.41, 5.74) is 1.86. The highest BCUT2D eigenvalue weighted by Gasteiger charge is 2.06. The molecule has 19 heavy (non-hydrogen) atoms. The third-order valence-electron chi connectivity index (χ3n) is 2.93. The van der Waals surface area contributed by atoms with Gasteiger partial charge in [-0.3, -0.25) is 4.68 Å². The number of phenolic OH excluding ortho intramolecular Hbond substituents is 2. The maximum atomic E-state index is 9.67. The van der Waals surface area contributed by atoms with Gasteiger partial charge in [0.1, 0.15) is 11.5 Å². The van der Waals surface area contributed by atoms with Crippen molar-refractivity contribution in [1.82, 2.24) is 15.1 Å². The van der Waals surface area contributed by atoms with Gasteiger partial charge < -0.3 is 15.5 Å². The van der Waals surface area contributed by atoms with Crippen LogP contribution >= 0.6 is 0 Å². The van der Waals surface area contributed by atoms with Crippen LogP contribution in [0.2, 0.25) is 0 Å². The summed E-state index contributed by atoms with van der Waals surface area (Å²) in [7, 11) is 0. The van der Waals surface area contributed by atoms with Crippen molar-refractivity contribution in [3.63, 3.8) is 0 Å². The third kappa shape index (κ3) is 3.26. The van der Waals surface area contributed by atoms with Crippen LogP contribution in [0.3, 0.4) is 0 Å². The molecule has 5 nitrogen and oxygen atoms in total. The van der Waals surface area contributed by atoms with E-state index in [9.17, 15) is 10.2 Å².